The Morgan fingerprint density at radius 2 is 2.00 bits per heavy atom. The summed E-state index contributed by atoms with van der Waals surface area (Å²) in [4.78, 5) is 14.1. The standard InChI is InChI=1S/C12H21N3O/c1-9(2)11(8-13)12(16)14-10-4-6-15(3)7-5-10/h9-11H,4-7H2,1-3H3,(H,14,16). The van der Waals surface area contributed by atoms with Gasteiger partial charge in [-0.2, -0.15) is 5.26 Å². The number of likely N-dealkylation sites (tertiary alicyclic amines) is 1. The monoisotopic (exact) mass is 223 g/mol. The van der Waals surface area contributed by atoms with Crippen LogP contribution < -0.4 is 5.32 Å². The third kappa shape index (κ3) is 3.49. The molecule has 0 radical (unpaired) electrons. The Balaban J connectivity index is 2.42. The highest BCUT2D eigenvalue weighted by Gasteiger charge is 2.25. The Morgan fingerprint density at radius 1 is 1.44 bits per heavy atom. The molecule has 1 heterocycles. The molecule has 0 aromatic heterocycles. The summed E-state index contributed by atoms with van der Waals surface area (Å²) in [5, 5.41) is 11.9. The van der Waals surface area contributed by atoms with Crippen molar-refractivity contribution in [3.63, 3.8) is 0 Å². The predicted octanol–water partition coefficient (Wildman–Crippen LogP) is 0.993. The third-order valence-corrected chi connectivity index (χ3v) is 3.15. The number of carbonyl (C=O) groups is 1. The molecule has 90 valence electrons. The fourth-order valence-corrected chi connectivity index (χ4v) is 1.95. The zero-order chi connectivity index (χ0) is 12.1. The van der Waals surface area contributed by atoms with Crippen LogP contribution in [0, 0.1) is 23.2 Å². The van der Waals surface area contributed by atoms with Crippen LogP contribution >= 0.6 is 0 Å². The van der Waals surface area contributed by atoms with Gasteiger partial charge in [-0.05, 0) is 38.9 Å². The molecule has 1 N–H and O–H groups in total. The number of amides is 1. The molecule has 1 aliphatic heterocycles. The van der Waals surface area contributed by atoms with Gasteiger partial charge in [0.25, 0.3) is 0 Å². The normalized spacial score (nSPS) is 20.4. The molecule has 0 spiro atoms. The van der Waals surface area contributed by atoms with Crippen LogP contribution in [0.5, 0.6) is 0 Å². The minimum atomic E-state index is -0.514. The van der Waals surface area contributed by atoms with Crippen LogP contribution in [0.25, 0.3) is 0 Å². The lowest BCUT2D eigenvalue weighted by Gasteiger charge is -2.30. The molecular weight excluding hydrogens is 202 g/mol. The summed E-state index contributed by atoms with van der Waals surface area (Å²) < 4.78 is 0. The number of carbonyl (C=O) groups excluding carboxylic acids is 1. The summed E-state index contributed by atoms with van der Waals surface area (Å²) in [5.74, 6) is -0.539. The number of hydrogen-bond acceptors (Lipinski definition) is 3. The second-order valence-electron chi connectivity index (χ2n) is 4.94. The lowest BCUT2D eigenvalue weighted by molar-refractivity contribution is -0.125. The maximum absolute atomic E-state index is 11.8. The Morgan fingerprint density at radius 3 is 2.44 bits per heavy atom. The largest absolute Gasteiger partial charge is 0.352 e. The van der Waals surface area contributed by atoms with Crippen molar-refractivity contribution in [3.8, 4) is 6.07 Å². The minimum absolute atomic E-state index is 0.0799. The maximum atomic E-state index is 11.8. The fourth-order valence-electron chi connectivity index (χ4n) is 1.95. The van der Waals surface area contributed by atoms with Crippen molar-refractivity contribution in [3.05, 3.63) is 0 Å². The zero-order valence-electron chi connectivity index (χ0n) is 10.4. The Kier molecular flexibility index (Phi) is 4.75. The first-order valence-electron chi connectivity index (χ1n) is 5.93. The van der Waals surface area contributed by atoms with Gasteiger partial charge in [0.15, 0.2) is 0 Å². The molecule has 1 amide bonds. The van der Waals surface area contributed by atoms with Gasteiger partial charge in [-0.15, -0.1) is 0 Å². The van der Waals surface area contributed by atoms with E-state index in [4.69, 9.17) is 5.26 Å². The number of nitriles is 1. The van der Waals surface area contributed by atoms with E-state index in [1.54, 1.807) is 0 Å². The van der Waals surface area contributed by atoms with Crippen molar-refractivity contribution in [1.29, 1.82) is 5.26 Å². The van der Waals surface area contributed by atoms with Crippen LogP contribution in [0.4, 0.5) is 0 Å². The van der Waals surface area contributed by atoms with Crippen molar-refractivity contribution in [1.82, 2.24) is 10.2 Å². The van der Waals surface area contributed by atoms with Crippen LogP contribution in [0.2, 0.25) is 0 Å². The van der Waals surface area contributed by atoms with E-state index in [0.29, 0.717) is 0 Å². The molecule has 1 saturated heterocycles. The van der Waals surface area contributed by atoms with Crippen LogP contribution in [0.15, 0.2) is 0 Å². The van der Waals surface area contributed by atoms with Crippen LogP contribution in [-0.2, 0) is 4.79 Å². The summed E-state index contributed by atoms with van der Waals surface area (Å²) in [5.41, 5.74) is 0. The molecule has 4 heteroatoms. The number of hydrogen-bond donors (Lipinski definition) is 1. The van der Waals surface area contributed by atoms with Gasteiger partial charge >= 0.3 is 0 Å². The van der Waals surface area contributed by atoms with Crippen molar-refractivity contribution in [2.75, 3.05) is 20.1 Å². The summed E-state index contributed by atoms with van der Waals surface area (Å²) in [7, 11) is 2.09. The number of rotatable bonds is 3. The molecule has 16 heavy (non-hydrogen) atoms. The highest BCUT2D eigenvalue weighted by Crippen LogP contribution is 2.13. The Labute approximate surface area is 97.6 Å². The van der Waals surface area contributed by atoms with Gasteiger partial charge in [-0.25, -0.2) is 0 Å². The number of piperidine rings is 1. The molecule has 1 unspecified atom stereocenters. The van der Waals surface area contributed by atoms with Gasteiger partial charge in [-0.3, -0.25) is 4.79 Å². The quantitative estimate of drug-likeness (QED) is 0.776. The molecule has 4 nitrogen and oxygen atoms in total. The summed E-state index contributed by atoms with van der Waals surface area (Å²) in [6.45, 7) is 5.85. The van der Waals surface area contributed by atoms with E-state index < -0.39 is 5.92 Å². The maximum Gasteiger partial charge on any atom is 0.237 e. The summed E-state index contributed by atoms with van der Waals surface area (Å²) in [6.07, 6.45) is 1.97. The molecule has 1 atom stereocenters. The molecular formula is C12H21N3O. The molecule has 0 aliphatic carbocycles. The first-order valence-corrected chi connectivity index (χ1v) is 5.93. The first-order chi connectivity index (χ1) is 7.54. The second-order valence-corrected chi connectivity index (χ2v) is 4.94. The van der Waals surface area contributed by atoms with Crippen LogP contribution in [-0.4, -0.2) is 37.0 Å². The Bertz CT molecular complexity index is 274. The van der Waals surface area contributed by atoms with Crippen molar-refractivity contribution < 1.29 is 4.79 Å². The van der Waals surface area contributed by atoms with Gasteiger partial charge in [0.2, 0.25) is 5.91 Å². The lowest BCUT2D eigenvalue weighted by Crippen LogP contribution is -2.45. The number of nitrogens with one attached hydrogen (secondary N) is 1. The van der Waals surface area contributed by atoms with Gasteiger partial charge in [0, 0.05) is 6.04 Å². The molecule has 0 bridgehead atoms. The third-order valence-electron chi connectivity index (χ3n) is 3.15. The van der Waals surface area contributed by atoms with E-state index in [1.165, 1.54) is 0 Å². The van der Waals surface area contributed by atoms with Gasteiger partial charge in [-0.1, -0.05) is 13.8 Å². The summed E-state index contributed by atoms with van der Waals surface area (Å²) in [6, 6.07) is 2.33. The van der Waals surface area contributed by atoms with Crippen molar-refractivity contribution >= 4 is 5.91 Å². The van der Waals surface area contributed by atoms with Gasteiger partial charge < -0.3 is 10.2 Å². The van der Waals surface area contributed by atoms with Crippen LogP contribution in [0.3, 0.4) is 0 Å². The molecule has 1 aliphatic rings. The molecule has 1 rings (SSSR count). The highest BCUT2D eigenvalue weighted by atomic mass is 16.1. The SMILES string of the molecule is CC(C)C(C#N)C(=O)NC1CCN(C)CC1. The van der Waals surface area contributed by atoms with E-state index in [9.17, 15) is 4.79 Å². The molecule has 1 fully saturated rings. The number of nitrogens with zero attached hydrogens (tertiary/aromatic N) is 2. The minimum Gasteiger partial charge on any atom is -0.352 e. The van der Waals surface area contributed by atoms with Crippen molar-refractivity contribution in [2.45, 2.75) is 32.7 Å². The lowest BCUT2D eigenvalue weighted by atomic mass is 9.95. The average Bonchev–Trinajstić information content (AvgIpc) is 2.22. The van der Waals surface area contributed by atoms with E-state index >= 15 is 0 Å². The fraction of sp³-hybridized carbons (Fsp3) is 0.833. The summed E-state index contributed by atoms with van der Waals surface area (Å²) >= 11 is 0. The first kappa shape index (κ1) is 13.0. The second kappa shape index (κ2) is 5.86. The van der Waals surface area contributed by atoms with Crippen molar-refractivity contribution in [2.24, 2.45) is 11.8 Å². The van der Waals surface area contributed by atoms with Crippen LogP contribution in [0.1, 0.15) is 26.7 Å². The smallest absolute Gasteiger partial charge is 0.237 e. The van der Waals surface area contributed by atoms with E-state index in [2.05, 4.69) is 23.3 Å². The molecule has 0 saturated carbocycles. The van der Waals surface area contributed by atoms with Gasteiger partial charge in [0.1, 0.15) is 5.92 Å². The van der Waals surface area contributed by atoms with E-state index in [0.717, 1.165) is 25.9 Å². The highest BCUT2D eigenvalue weighted by molar-refractivity contribution is 5.81. The molecule has 0 aromatic rings. The van der Waals surface area contributed by atoms with E-state index in [1.807, 2.05) is 13.8 Å². The average molecular weight is 223 g/mol. The zero-order valence-corrected chi connectivity index (χ0v) is 10.4. The Hall–Kier alpha value is -1.08. The van der Waals surface area contributed by atoms with Gasteiger partial charge in [0.05, 0.1) is 6.07 Å². The predicted molar refractivity (Wildman–Crippen MR) is 62.6 cm³/mol. The van der Waals surface area contributed by atoms with E-state index in [-0.39, 0.29) is 17.9 Å². The topological polar surface area (TPSA) is 56.1 Å². The molecule has 0 aromatic carbocycles.